The van der Waals surface area contributed by atoms with Gasteiger partial charge in [-0.1, -0.05) is 25.1 Å². The number of nitrogens with one attached hydrogen (secondary N) is 2. The molecular formula is C12H16N2O. The standard InChI is InChI=1S/C12H16N2O/c1-8-4-2-6-10-9(8)5-3-7-11(10)12(13)14-15/h3,5,7-8,15H,2,4,6H2,1H3,(H2,13,14)/t8-/m1/s1. The maximum atomic E-state index is 8.78. The van der Waals surface area contributed by atoms with Gasteiger partial charge in [0.05, 0.1) is 0 Å². The molecule has 3 N–H and O–H groups in total. The predicted octanol–water partition coefficient (Wildman–Crippen LogP) is 2.43. The summed E-state index contributed by atoms with van der Waals surface area (Å²) in [7, 11) is 0. The van der Waals surface area contributed by atoms with Gasteiger partial charge in [-0.2, -0.15) is 0 Å². The fourth-order valence-corrected chi connectivity index (χ4v) is 2.38. The molecule has 0 aliphatic heterocycles. The van der Waals surface area contributed by atoms with Crippen molar-refractivity contribution in [3.63, 3.8) is 0 Å². The van der Waals surface area contributed by atoms with E-state index in [1.165, 1.54) is 24.0 Å². The van der Waals surface area contributed by atoms with E-state index in [0.717, 1.165) is 12.0 Å². The number of benzene rings is 1. The lowest BCUT2D eigenvalue weighted by Gasteiger charge is -2.24. The van der Waals surface area contributed by atoms with E-state index in [9.17, 15) is 0 Å². The molecule has 15 heavy (non-hydrogen) atoms. The SMILES string of the molecule is C[C@@H]1CCCc2c(C(=N)NO)cccc21. The molecular weight excluding hydrogens is 188 g/mol. The van der Waals surface area contributed by atoms with E-state index in [1.54, 1.807) is 0 Å². The van der Waals surface area contributed by atoms with Crippen LogP contribution in [0.1, 0.15) is 42.4 Å². The van der Waals surface area contributed by atoms with Crippen LogP contribution in [-0.4, -0.2) is 11.0 Å². The van der Waals surface area contributed by atoms with Crippen molar-refractivity contribution in [2.75, 3.05) is 0 Å². The molecule has 0 heterocycles. The summed E-state index contributed by atoms with van der Waals surface area (Å²) in [6.45, 7) is 2.22. The summed E-state index contributed by atoms with van der Waals surface area (Å²) in [6, 6.07) is 5.98. The molecule has 3 heteroatoms. The van der Waals surface area contributed by atoms with Gasteiger partial charge in [0.25, 0.3) is 0 Å². The average Bonchev–Trinajstić information content (AvgIpc) is 2.28. The molecule has 1 aromatic carbocycles. The highest BCUT2D eigenvalue weighted by Crippen LogP contribution is 2.32. The number of hydroxylamine groups is 1. The third-order valence-corrected chi connectivity index (χ3v) is 3.19. The van der Waals surface area contributed by atoms with Crippen molar-refractivity contribution in [2.24, 2.45) is 0 Å². The Balaban J connectivity index is 2.49. The molecule has 1 aromatic rings. The van der Waals surface area contributed by atoms with Crippen LogP contribution in [-0.2, 0) is 6.42 Å². The molecule has 0 aromatic heterocycles. The van der Waals surface area contributed by atoms with Gasteiger partial charge in [0.15, 0.2) is 0 Å². The van der Waals surface area contributed by atoms with E-state index in [0.29, 0.717) is 5.92 Å². The number of fused-ring (bicyclic) bond motifs is 1. The van der Waals surface area contributed by atoms with Crippen LogP contribution >= 0.6 is 0 Å². The molecule has 80 valence electrons. The molecule has 0 spiro atoms. The van der Waals surface area contributed by atoms with Crippen LogP contribution in [0.2, 0.25) is 0 Å². The summed E-state index contributed by atoms with van der Waals surface area (Å²) < 4.78 is 0. The molecule has 3 nitrogen and oxygen atoms in total. The summed E-state index contributed by atoms with van der Waals surface area (Å²) in [6.07, 6.45) is 3.40. The fourth-order valence-electron chi connectivity index (χ4n) is 2.38. The first-order valence-corrected chi connectivity index (χ1v) is 5.35. The molecule has 2 rings (SSSR count). The molecule has 0 unspecified atom stereocenters. The second-order valence-electron chi connectivity index (χ2n) is 4.15. The topological polar surface area (TPSA) is 56.1 Å². The minimum Gasteiger partial charge on any atom is -0.290 e. The van der Waals surface area contributed by atoms with Crippen LogP contribution in [0.5, 0.6) is 0 Å². The van der Waals surface area contributed by atoms with Crippen molar-refractivity contribution in [3.05, 3.63) is 34.9 Å². The Morgan fingerprint density at radius 2 is 2.33 bits per heavy atom. The largest absolute Gasteiger partial charge is 0.290 e. The van der Waals surface area contributed by atoms with Gasteiger partial charge < -0.3 is 0 Å². The van der Waals surface area contributed by atoms with Gasteiger partial charge in [0.1, 0.15) is 5.84 Å². The van der Waals surface area contributed by atoms with Crippen molar-refractivity contribution < 1.29 is 5.21 Å². The Bertz CT molecular complexity index is 387. The number of rotatable bonds is 1. The lowest BCUT2D eigenvalue weighted by Crippen LogP contribution is -2.22. The molecule has 0 saturated heterocycles. The predicted molar refractivity (Wildman–Crippen MR) is 59.5 cm³/mol. The summed E-state index contributed by atoms with van der Waals surface area (Å²) in [5, 5.41) is 16.4. The van der Waals surface area contributed by atoms with E-state index in [4.69, 9.17) is 10.6 Å². The Kier molecular flexibility index (Phi) is 2.73. The lowest BCUT2D eigenvalue weighted by molar-refractivity contribution is 0.234. The second-order valence-corrected chi connectivity index (χ2v) is 4.15. The van der Waals surface area contributed by atoms with E-state index >= 15 is 0 Å². The van der Waals surface area contributed by atoms with Crippen molar-refractivity contribution in [3.8, 4) is 0 Å². The Hall–Kier alpha value is -1.35. The quantitative estimate of drug-likeness (QED) is 0.374. The van der Waals surface area contributed by atoms with E-state index in [2.05, 4.69) is 13.0 Å². The smallest absolute Gasteiger partial charge is 0.149 e. The Morgan fingerprint density at radius 3 is 3.07 bits per heavy atom. The summed E-state index contributed by atoms with van der Waals surface area (Å²) in [5.41, 5.74) is 5.32. The van der Waals surface area contributed by atoms with Crippen molar-refractivity contribution in [2.45, 2.75) is 32.1 Å². The molecule has 0 bridgehead atoms. The Labute approximate surface area is 89.6 Å². The van der Waals surface area contributed by atoms with Crippen molar-refractivity contribution in [1.82, 2.24) is 5.48 Å². The monoisotopic (exact) mass is 204 g/mol. The summed E-state index contributed by atoms with van der Waals surface area (Å²) >= 11 is 0. The van der Waals surface area contributed by atoms with Gasteiger partial charge in [0.2, 0.25) is 0 Å². The zero-order valence-corrected chi connectivity index (χ0v) is 8.88. The minimum atomic E-state index is 0.0981. The third kappa shape index (κ3) is 1.75. The molecule has 0 fully saturated rings. The van der Waals surface area contributed by atoms with E-state index in [-0.39, 0.29) is 5.84 Å². The molecule has 0 amide bonds. The van der Waals surface area contributed by atoms with Crippen LogP contribution in [0.25, 0.3) is 0 Å². The maximum absolute atomic E-state index is 8.78. The van der Waals surface area contributed by atoms with E-state index in [1.807, 2.05) is 17.6 Å². The average molecular weight is 204 g/mol. The van der Waals surface area contributed by atoms with Crippen LogP contribution in [0, 0.1) is 5.41 Å². The van der Waals surface area contributed by atoms with Crippen molar-refractivity contribution in [1.29, 1.82) is 5.41 Å². The van der Waals surface area contributed by atoms with E-state index < -0.39 is 0 Å². The first-order chi connectivity index (χ1) is 7.24. The fraction of sp³-hybridized carbons (Fsp3) is 0.417. The van der Waals surface area contributed by atoms with Crippen LogP contribution in [0.4, 0.5) is 0 Å². The normalized spacial score (nSPS) is 19.5. The second kappa shape index (κ2) is 4.03. The van der Waals surface area contributed by atoms with Gasteiger partial charge in [0, 0.05) is 5.56 Å². The van der Waals surface area contributed by atoms with Crippen LogP contribution in [0.3, 0.4) is 0 Å². The molecule has 1 atom stereocenters. The first-order valence-electron chi connectivity index (χ1n) is 5.35. The Morgan fingerprint density at radius 1 is 1.53 bits per heavy atom. The molecule has 0 saturated carbocycles. The zero-order chi connectivity index (χ0) is 10.8. The number of hydrogen-bond acceptors (Lipinski definition) is 2. The van der Waals surface area contributed by atoms with Gasteiger partial charge in [-0.05, 0) is 36.3 Å². The van der Waals surface area contributed by atoms with Gasteiger partial charge in [-0.3, -0.25) is 16.1 Å². The van der Waals surface area contributed by atoms with Crippen LogP contribution in [0.15, 0.2) is 18.2 Å². The third-order valence-electron chi connectivity index (χ3n) is 3.19. The van der Waals surface area contributed by atoms with Gasteiger partial charge in [-0.25, -0.2) is 0 Å². The maximum Gasteiger partial charge on any atom is 0.149 e. The summed E-state index contributed by atoms with van der Waals surface area (Å²) in [4.78, 5) is 0. The molecule has 0 radical (unpaired) electrons. The lowest BCUT2D eigenvalue weighted by atomic mass is 9.81. The summed E-state index contributed by atoms with van der Waals surface area (Å²) in [5.74, 6) is 0.668. The first kappa shape index (κ1) is 10.2. The molecule has 1 aliphatic rings. The van der Waals surface area contributed by atoms with Gasteiger partial charge in [-0.15, -0.1) is 0 Å². The van der Waals surface area contributed by atoms with Crippen molar-refractivity contribution >= 4 is 5.84 Å². The highest BCUT2D eigenvalue weighted by Gasteiger charge is 2.19. The highest BCUT2D eigenvalue weighted by atomic mass is 16.5. The minimum absolute atomic E-state index is 0.0981. The van der Waals surface area contributed by atoms with Gasteiger partial charge >= 0.3 is 0 Å². The van der Waals surface area contributed by atoms with Crippen LogP contribution < -0.4 is 5.48 Å². The number of hydrogen-bond donors (Lipinski definition) is 3. The molecule has 1 aliphatic carbocycles. The number of amidine groups is 1. The highest BCUT2D eigenvalue weighted by molar-refractivity contribution is 5.97. The zero-order valence-electron chi connectivity index (χ0n) is 8.88.